The Morgan fingerprint density at radius 3 is 3.00 bits per heavy atom. The van der Waals surface area contributed by atoms with Gasteiger partial charge in [0, 0.05) is 16.6 Å². The Kier molecular flexibility index (Phi) is 4.69. The number of rotatable bonds is 3. The van der Waals surface area contributed by atoms with Crippen LogP contribution in [-0.4, -0.2) is 25.1 Å². The molecule has 22 heavy (non-hydrogen) atoms. The summed E-state index contributed by atoms with van der Waals surface area (Å²) in [7, 11) is 0. The standard InChI is InChI=1S/C17H21ClN2O2/c18-14-5-6-16-12(8-14)7-13(10-22-16)17(21)20-15-4-2-1-3-11(15)9-19/h5-8,11,15H,1-4,9-10,19H2,(H,20,21). The summed E-state index contributed by atoms with van der Waals surface area (Å²) in [5.74, 6) is 1.08. The van der Waals surface area contributed by atoms with Gasteiger partial charge in [-0.1, -0.05) is 24.4 Å². The van der Waals surface area contributed by atoms with Crippen molar-refractivity contribution >= 4 is 23.6 Å². The molecule has 1 aliphatic carbocycles. The minimum absolute atomic E-state index is 0.0593. The van der Waals surface area contributed by atoms with Crippen LogP contribution >= 0.6 is 11.6 Å². The van der Waals surface area contributed by atoms with Crippen molar-refractivity contribution in [3.05, 3.63) is 34.4 Å². The summed E-state index contributed by atoms with van der Waals surface area (Å²) >= 11 is 6.00. The van der Waals surface area contributed by atoms with Crippen LogP contribution in [0.3, 0.4) is 0 Å². The zero-order valence-electron chi connectivity index (χ0n) is 12.5. The number of carbonyl (C=O) groups excluding carboxylic acids is 1. The van der Waals surface area contributed by atoms with E-state index in [2.05, 4.69) is 5.32 Å². The average Bonchev–Trinajstić information content (AvgIpc) is 2.54. The van der Waals surface area contributed by atoms with Crippen LogP contribution in [0.4, 0.5) is 0 Å². The molecular weight excluding hydrogens is 300 g/mol. The fourth-order valence-electron chi connectivity index (χ4n) is 3.22. The number of carbonyl (C=O) groups is 1. The second-order valence-corrected chi connectivity index (χ2v) is 6.44. The number of nitrogens with one attached hydrogen (secondary N) is 1. The highest BCUT2D eigenvalue weighted by atomic mass is 35.5. The van der Waals surface area contributed by atoms with Crippen molar-refractivity contribution in [3.63, 3.8) is 0 Å². The average molecular weight is 321 g/mol. The lowest BCUT2D eigenvalue weighted by molar-refractivity contribution is -0.119. The Hall–Kier alpha value is -1.52. The van der Waals surface area contributed by atoms with E-state index < -0.39 is 0 Å². The summed E-state index contributed by atoms with van der Waals surface area (Å²) in [6, 6.07) is 5.60. The lowest BCUT2D eigenvalue weighted by Gasteiger charge is -2.31. The van der Waals surface area contributed by atoms with Crippen molar-refractivity contribution in [1.29, 1.82) is 0 Å². The monoisotopic (exact) mass is 320 g/mol. The lowest BCUT2D eigenvalue weighted by Crippen LogP contribution is -2.45. The summed E-state index contributed by atoms with van der Waals surface area (Å²) in [6.45, 7) is 0.916. The van der Waals surface area contributed by atoms with Gasteiger partial charge in [-0.25, -0.2) is 0 Å². The predicted octanol–water partition coefficient (Wildman–Crippen LogP) is 2.75. The van der Waals surface area contributed by atoms with E-state index >= 15 is 0 Å². The van der Waals surface area contributed by atoms with Crippen molar-refractivity contribution in [3.8, 4) is 5.75 Å². The molecule has 118 valence electrons. The van der Waals surface area contributed by atoms with Crippen LogP contribution in [0.1, 0.15) is 31.2 Å². The van der Waals surface area contributed by atoms with E-state index in [4.69, 9.17) is 22.1 Å². The van der Waals surface area contributed by atoms with Crippen LogP contribution in [-0.2, 0) is 4.79 Å². The first-order valence-corrected chi connectivity index (χ1v) is 8.19. The SMILES string of the molecule is NCC1CCCCC1NC(=O)C1=Cc2cc(Cl)ccc2OC1. The fraction of sp³-hybridized carbons (Fsp3) is 0.471. The van der Waals surface area contributed by atoms with Crippen LogP contribution in [0.2, 0.25) is 5.02 Å². The van der Waals surface area contributed by atoms with Gasteiger partial charge in [0.2, 0.25) is 0 Å². The third-order valence-corrected chi connectivity index (χ3v) is 4.74. The third-order valence-electron chi connectivity index (χ3n) is 4.50. The Morgan fingerprint density at radius 2 is 2.18 bits per heavy atom. The molecule has 3 N–H and O–H groups in total. The number of ether oxygens (including phenoxy) is 1. The van der Waals surface area contributed by atoms with Gasteiger partial charge in [-0.15, -0.1) is 0 Å². The quantitative estimate of drug-likeness (QED) is 0.900. The Labute approximate surface area is 135 Å². The molecule has 1 aromatic rings. The van der Waals surface area contributed by atoms with Gasteiger partial charge < -0.3 is 15.8 Å². The van der Waals surface area contributed by atoms with Crippen molar-refractivity contribution in [1.82, 2.24) is 5.32 Å². The van der Waals surface area contributed by atoms with Gasteiger partial charge in [-0.3, -0.25) is 4.79 Å². The lowest BCUT2D eigenvalue weighted by atomic mass is 9.84. The summed E-state index contributed by atoms with van der Waals surface area (Å²) in [5.41, 5.74) is 7.31. The second-order valence-electron chi connectivity index (χ2n) is 6.00. The molecule has 3 rings (SSSR count). The summed E-state index contributed by atoms with van der Waals surface area (Å²) in [6.07, 6.45) is 6.31. The number of hydrogen-bond acceptors (Lipinski definition) is 3. The summed E-state index contributed by atoms with van der Waals surface area (Å²) in [4.78, 5) is 12.5. The maximum Gasteiger partial charge on any atom is 0.250 e. The largest absolute Gasteiger partial charge is 0.488 e. The van der Waals surface area contributed by atoms with Crippen LogP contribution in [0.25, 0.3) is 6.08 Å². The smallest absolute Gasteiger partial charge is 0.250 e. The van der Waals surface area contributed by atoms with E-state index in [9.17, 15) is 4.79 Å². The normalized spacial score (nSPS) is 24.0. The highest BCUT2D eigenvalue weighted by Crippen LogP contribution is 2.29. The van der Waals surface area contributed by atoms with E-state index in [0.717, 1.165) is 30.6 Å². The molecule has 4 nitrogen and oxygen atoms in total. The molecule has 2 aliphatic rings. The minimum atomic E-state index is -0.0593. The fourth-order valence-corrected chi connectivity index (χ4v) is 3.40. The third kappa shape index (κ3) is 3.28. The van der Waals surface area contributed by atoms with Gasteiger partial charge in [0.25, 0.3) is 5.91 Å². The first kappa shape index (κ1) is 15.4. The van der Waals surface area contributed by atoms with Gasteiger partial charge in [0.1, 0.15) is 12.4 Å². The Morgan fingerprint density at radius 1 is 1.36 bits per heavy atom. The van der Waals surface area contributed by atoms with E-state index in [-0.39, 0.29) is 11.9 Å². The zero-order chi connectivity index (χ0) is 15.5. The topological polar surface area (TPSA) is 64.3 Å². The first-order valence-electron chi connectivity index (χ1n) is 7.81. The molecule has 0 radical (unpaired) electrons. The molecule has 0 aromatic heterocycles. The molecule has 0 spiro atoms. The molecule has 0 saturated heterocycles. The number of amides is 1. The molecule has 0 bridgehead atoms. The minimum Gasteiger partial charge on any atom is -0.488 e. The van der Waals surface area contributed by atoms with Crippen LogP contribution in [0.5, 0.6) is 5.75 Å². The van der Waals surface area contributed by atoms with Gasteiger partial charge in [0.15, 0.2) is 0 Å². The van der Waals surface area contributed by atoms with Crippen molar-refractivity contribution in [2.45, 2.75) is 31.7 Å². The van der Waals surface area contributed by atoms with Crippen LogP contribution in [0, 0.1) is 5.92 Å². The van der Waals surface area contributed by atoms with Crippen molar-refractivity contribution in [2.75, 3.05) is 13.2 Å². The number of halogens is 1. The second kappa shape index (κ2) is 6.71. The first-order chi connectivity index (χ1) is 10.7. The maximum absolute atomic E-state index is 12.5. The Bertz CT molecular complexity index is 600. The molecule has 1 fully saturated rings. The van der Waals surface area contributed by atoms with Gasteiger partial charge >= 0.3 is 0 Å². The molecule has 1 saturated carbocycles. The number of fused-ring (bicyclic) bond motifs is 1. The van der Waals surface area contributed by atoms with Crippen LogP contribution < -0.4 is 15.8 Å². The summed E-state index contributed by atoms with van der Waals surface area (Å²) < 4.78 is 5.64. The number of benzene rings is 1. The molecule has 2 atom stereocenters. The molecule has 1 heterocycles. The van der Waals surface area contributed by atoms with Crippen molar-refractivity contribution < 1.29 is 9.53 Å². The zero-order valence-corrected chi connectivity index (χ0v) is 13.2. The highest BCUT2D eigenvalue weighted by Gasteiger charge is 2.27. The molecule has 1 aliphatic heterocycles. The van der Waals surface area contributed by atoms with Crippen molar-refractivity contribution in [2.24, 2.45) is 11.7 Å². The van der Waals surface area contributed by atoms with E-state index in [1.54, 1.807) is 6.07 Å². The summed E-state index contributed by atoms with van der Waals surface area (Å²) in [5, 5.41) is 3.77. The van der Waals surface area contributed by atoms with E-state index in [1.807, 2.05) is 18.2 Å². The molecule has 1 aromatic carbocycles. The van der Waals surface area contributed by atoms with E-state index in [1.165, 1.54) is 6.42 Å². The number of hydrogen-bond donors (Lipinski definition) is 2. The van der Waals surface area contributed by atoms with Gasteiger partial charge in [-0.05, 0) is 49.6 Å². The molecule has 1 amide bonds. The highest BCUT2D eigenvalue weighted by molar-refractivity contribution is 6.30. The molecule has 2 unspecified atom stereocenters. The number of nitrogens with two attached hydrogens (primary N) is 1. The molecular formula is C17H21ClN2O2. The maximum atomic E-state index is 12.5. The van der Waals surface area contributed by atoms with Crippen LogP contribution in [0.15, 0.2) is 23.8 Å². The molecule has 5 heteroatoms. The predicted molar refractivity (Wildman–Crippen MR) is 87.9 cm³/mol. The van der Waals surface area contributed by atoms with E-state index in [0.29, 0.717) is 29.7 Å². The van der Waals surface area contributed by atoms with Gasteiger partial charge in [0.05, 0.1) is 5.57 Å². The van der Waals surface area contributed by atoms with Gasteiger partial charge in [-0.2, -0.15) is 0 Å². The Balaban J connectivity index is 1.72.